The molecule has 1 unspecified atom stereocenters. The molecule has 17 heavy (non-hydrogen) atoms. The number of aromatic nitrogens is 2. The summed E-state index contributed by atoms with van der Waals surface area (Å²) in [5, 5.41) is 0. The van der Waals surface area contributed by atoms with Crippen LogP contribution in [-0.4, -0.2) is 15.6 Å². The fourth-order valence-electron chi connectivity index (χ4n) is 2.25. The van der Waals surface area contributed by atoms with Crippen molar-refractivity contribution in [2.45, 2.75) is 25.4 Å². The molecule has 1 aliphatic rings. The van der Waals surface area contributed by atoms with E-state index in [2.05, 4.69) is 15.7 Å². The number of anilines is 1. The lowest BCUT2D eigenvalue weighted by Gasteiger charge is -2.18. The SMILES string of the molecule is Nc1ccc(-c2cn3c(n2)CC(N)CC3)cc1. The van der Waals surface area contributed by atoms with Crippen LogP contribution in [0.2, 0.25) is 0 Å². The molecule has 88 valence electrons. The van der Waals surface area contributed by atoms with Crippen molar-refractivity contribution in [1.29, 1.82) is 0 Å². The first-order chi connectivity index (χ1) is 8.22. The zero-order chi connectivity index (χ0) is 11.8. The second-order valence-corrected chi connectivity index (χ2v) is 4.61. The summed E-state index contributed by atoms with van der Waals surface area (Å²) in [6, 6.07) is 8.07. The van der Waals surface area contributed by atoms with Crippen molar-refractivity contribution in [1.82, 2.24) is 9.55 Å². The van der Waals surface area contributed by atoms with E-state index in [1.54, 1.807) is 0 Å². The van der Waals surface area contributed by atoms with Crippen molar-refractivity contribution in [2.75, 3.05) is 5.73 Å². The molecule has 0 amide bonds. The lowest BCUT2D eigenvalue weighted by molar-refractivity contribution is 0.463. The predicted octanol–water partition coefficient (Wildman–Crippen LogP) is 1.41. The van der Waals surface area contributed by atoms with Crippen molar-refractivity contribution >= 4 is 5.69 Å². The van der Waals surface area contributed by atoms with E-state index in [1.165, 1.54) is 0 Å². The smallest absolute Gasteiger partial charge is 0.110 e. The van der Waals surface area contributed by atoms with Crippen LogP contribution in [0.4, 0.5) is 5.69 Å². The molecule has 1 atom stereocenters. The van der Waals surface area contributed by atoms with Gasteiger partial charge in [-0.05, 0) is 18.6 Å². The number of rotatable bonds is 1. The first-order valence-corrected chi connectivity index (χ1v) is 5.90. The number of fused-ring (bicyclic) bond motifs is 1. The van der Waals surface area contributed by atoms with Crippen LogP contribution in [-0.2, 0) is 13.0 Å². The lowest BCUT2D eigenvalue weighted by atomic mass is 10.1. The van der Waals surface area contributed by atoms with E-state index in [4.69, 9.17) is 11.5 Å². The molecule has 0 bridgehead atoms. The highest BCUT2D eigenvalue weighted by atomic mass is 15.1. The predicted molar refractivity (Wildman–Crippen MR) is 68.4 cm³/mol. The molecule has 3 rings (SSSR count). The van der Waals surface area contributed by atoms with Crippen molar-refractivity contribution in [3.05, 3.63) is 36.3 Å². The zero-order valence-corrected chi connectivity index (χ0v) is 9.63. The first-order valence-electron chi connectivity index (χ1n) is 5.90. The number of nitrogen functional groups attached to an aromatic ring is 1. The van der Waals surface area contributed by atoms with Gasteiger partial charge in [0.1, 0.15) is 5.82 Å². The highest BCUT2D eigenvalue weighted by molar-refractivity contribution is 5.61. The molecular weight excluding hydrogens is 212 g/mol. The molecule has 0 aliphatic carbocycles. The van der Waals surface area contributed by atoms with Gasteiger partial charge in [0, 0.05) is 36.5 Å². The number of hydrogen-bond donors (Lipinski definition) is 2. The van der Waals surface area contributed by atoms with E-state index >= 15 is 0 Å². The maximum atomic E-state index is 5.95. The maximum Gasteiger partial charge on any atom is 0.110 e. The van der Waals surface area contributed by atoms with Crippen LogP contribution in [0.5, 0.6) is 0 Å². The summed E-state index contributed by atoms with van der Waals surface area (Å²) in [5.41, 5.74) is 14.5. The van der Waals surface area contributed by atoms with Crippen LogP contribution >= 0.6 is 0 Å². The normalized spacial score (nSPS) is 19.0. The van der Waals surface area contributed by atoms with Crippen LogP contribution < -0.4 is 11.5 Å². The van der Waals surface area contributed by atoms with Crippen LogP contribution in [0.1, 0.15) is 12.2 Å². The third-order valence-electron chi connectivity index (χ3n) is 3.25. The molecule has 4 heteroatoms. The summed E-state index contributed by atoms with van der Waals surface area (Å²) >= 11 is 0. The standard InChI is InChI=1S/C13H16N4/c14-10-3-1-9(2-4-10)12-8-17-6-5-11(15)7-13(17)16-12/h1-4,8,11H,5-7,14-15H2. The van der Waals surface area contributed by atoms with Crippen LogP contribution in [0.3, 0.4) is 0 Å². The minimum Gasteiger partial charge on any atom is -0.399 e. The summed E-state index contributed by atoms with van der Waals surface area (Å²) in [4.78, 5) is 4.64. The average Bonchev–Trinajstić information content (AvgIpc) is 2.72. The summed E-state index contributed by atoms with van der Waals surface area (Å²) in [5.74, 6) is 1.09. The Morgan fingerprint density at radius 1 is 1.24 bits per heavy atom. The minimum absolute atomic E-state index is 0.254. The summed E-state index contributed by atoms with van der Waals surface area (Å²) < 4.78 is 2.20. The Balaban J connectivity index is 1.97. The Hall–Kier alpha value is -1.81. The third-order valence-corrected chi connectivity index (χ3v) is 3.25. The van der Waals surface area contributed by atoms with Gasteiger partial charge < -0.3 is 16.0 Å². The largest absolute Gasteiger partial charge is 0.399 e. The highest BCUT2D eigenvalue weighted by Crippen LogP contribution is 2.22. The highest BCUT2D eigenvalue weighted by Gasteiger charge is 2.17. The molecule has 2 heterocycles. The Kier molecular flexibility index (Phi) is 2.37. The quantitative estimate of drug-likeness (QED) is 0.725. The van der Waals surface area contributed by atoms with Crippen LogP contribution in [0.25, 0.3) is 11.3 Å². The fraction of sp³-hybridized carbons (Fsp3) is 0.308. The Morgan fingerprint density at radius 2 is 2.00 bits per heavy atom. The summed E-state index contributed by atoms with van der Waals surface area (Å²) in [7, 11) is 0. The zero-order valence-electron chi connectivity index (χ0n) is 9.63. The molecule has 4 N–H and O–H groups in total. The van der Waals surface area contributed by atoms with Crippen molar-refractivity contribution in [2.24, 2.45) is 5.73 Å². The molecule has 0 saturated heterocycles. The Bertz CT molecular complexity index is 527. The molecule has 0 fully saturated rings. The average molecular weight is 228 g/mol. The van der Waals surface area contributed by atoms with Gasteiger partial charge >= 0.3 is 0 Å². The van der Waals surface area contributed by atoms with Gasteiger partial charge in [-0.1, -0.05) is 12.1 Å². The second kappa shape index (κ2) is 3.89. The number of aryl methyl sites for hydroxylation is 1. The van der Waals surface area contributed by atoms with E-state index in [1.807, 2.05) is 24.3 Å². The van der Waals surface area contributed by atoms with Gasteiger partial charge in [0.2, 0.25) is 0 Å². The van der Waals surface area contributed by atoms with Gasteiger partial charge in [-0.25, -0.2) is 4.98 Å². The number of benzene rings is 1. The Morgan fingerprint density at radius 3 is 2.76 bits per heavy atom. The molecule has 0 radical (unpaired) electrons. The first kappa shape index (κ1) is 10.4. The molecule has 0 spiro atoms. The topological polar surface area (TPSA) is 69.9 Å². The van der Waals surface area contributed by atoms with E-state index < -0.39 is 0 Å². The molecule has 1 aromatic heterocycles. The molecule has 1 aromatic carbocycles. The number of hydrogen-bond acceptors (Lipinski definition) is 3. The van der Waals surface area contributed by atoms with Crippen LogP contribution in [0.15, 0.2) is 30.5 Å². The van der Waals surface area contributed by atoms with Gasteiger partial charge in [0.25, 0.3) is 0 Å². The molecule has 1 aliphatic heterocycles. The van der Waals surface area contributed by atoms with Gasteiger partial charge in [0.15, 0.2) is 0 Å². The van der Waals surface area contributed by atoms with E-state index in [0.717, 1.165) is 42.2 Å². The monoisotopic (exact) mass is 228 g/mol. The van der Waals surface area contributed by atoms with Crippen LogP contribution in [0, 0.1) is 0 Å². The fourth-order valence-corrected chi connectivity index (χ4v) is 2.25. The van der Waals surface area contributed by atoms with Gasteiger partial charge in [-0.15, -0.1) is 0 Å². The third kappa shape index (κ3) is 1.91. The Labute approximate surface area is 100 Å². The number of nitrogens with two attached hydrogens (primary N) is 2. The van der Waals surface area contributed by atoms with Gasteiger partial charge in [-0.3, -0.25) is 0 Å². The summed E-state index contributed by atoms with van der Waals surface area (Å²) in [6.45, 7) is 0.971. The summed E-state index contributed by atoms with van der Waals surface area (Å²) in [6.07, 6.45) is 4.01. The van der Waals surface area contributed by atoms with Gasteiger partial charge in [0.05, 0.1) is 5.69 Å². The van der Waals surface area contributed by atoms with E-state index in [-0.39, 0.29) is 6.04 Å². The van der Waals surface area contributed by atoms with E-state index in [0.29, 0.717) is 0 Å². The van der Waals surface area contributed by atoms with Crippen molar-refractivity contribution in [3.8, 4) is 11.3 Å². The number of imidazole rings is 1. The van der Waals surface area contributed by atoms with Crippen molar-refractivity contribution < 1.29 is 0 Å². The molecule has 2 aromatic rings. The number of nitrogens with zero attached hydrogens (tertiary/aromatic N) is 2. The molecule has 0 saturated carbocycles. The lowest BCUT2D eigenvalue weighted by Crippen LogP contribution is -2.30. The second-order valence-electron chi connectivity index (χ2n) is 4.61. The van der Waals surface area contributed by atoms with E-state index in [9.17, 15) is 0 Å². The molecular formula is C13H16N4. The molecule has 4 nitrogen and oxygen atoms in total. The van der Waals surface area contributed by atoms with Gasteiger partial charge in [-0.2, -0.15) is 0 Å². The maximum absolute atomic E-state index is 5.95. The minimum atomic E-state index is 0.254. The van der Waals surface area contributed by atoms with Crippen molar-refractivity contribution in [3.63, 3.8) is 0 Å².